The van der Waals surface area contributed by atoms with Gasteiger partial charge in [-0.25, -0.2) is 0 Å². The van der Waals surface area contributed by atoms with Gasteiger partial charge in [-0.15, -0.1) is 0 Å². The zero-order chi connectivity index (χ0) is 12.6. The van der Waals surface area contributed by atoms with Crippen molar-refractivity contribution in [3.05, 3.63) is 65.7 Å². The molecule has 0 amide bonds. The fourth-order valence-corrected chi connectivity index (χ4v) is 1.90. The molecule has 2 aromatic rings. The number of hydrogen-bond acceptors (Lipinski definition) is 1. The van der Waals surface area contributed by atoms with E-state index in [9.17, 15) is 0 Å². The predicted octanol–water partition coefficient (Wildman–Crippen LogP) is 4.40. The quantitative estimate of drug-likeness (QED) is 0.680. The fourth-order valence-electron chi connectivity index (χ4n) is 1.90. The summed E-state index contributed by atoms with van der Waals surface area (Å²) in [6.45, 7) is 2.89. The average Bonchev–Trinajstić information content (AvgIpc) is 2.42. The molecular formula is C17H20O. The van der Waals surface area contributed by atoms with Crippen molar-refractivity contribution in [2.75, 3.05) is 6.61 Å². The Hall–Kier alpha value is -1.76. The summed E-state index contributed by atoms with van der Waals surface area (Å²) in [5.41, 5.74) is 2.68. The lowest BCUT2D eigenvalue weighted by molar-refractivity contribution is 0.307. The van der Waals surface area contributed by atoms with Crippen LogP contribution in [0, 0.1) is 6.92 Å². The van der Waals surface area contributed by atoms with Gasteiger partial charge in [0.2, 0.25) is 0 Å². The Balaban J connectivity index is 1.63. The van der Waals surface area contributed by atoms with Crippen molar-refractivity contribution in [2.24, 2.45) is 0 Å². The van der Waals surface area contributed by atoms with Crippen LogP contribution in [-0.2, 0) is 6.42 Å². The van der Waals surface area contributed by atoms with Crippen LogP contribution in [0.25, 0.3) is 0 Å². The zero-order valence-corrected chi connectivity index (χ0v) is 10.9. The Bertz CT molecular complexity index is 445. The first-order chi connectivity index (χ1) is 8.84. The molecule has 0 bridgehead atoms. The molecule has 1 heteroatoms. The molecule has 0 atom stereocenters. The Morgan fingerprint density at radius 1 is 0.833 bits per heavy atom. The standard InChI is InChI=1S/C17H20O/c1-15-10-12-17(13-11-15)18-14-6-5-9-16-7-3-2-4-8-16/h2-4,7-8,10-13H,5-6,9,14H2,1H3. The van der Waals surface area contributed by atoms with E-state index in [1.54, 1.807) is 0 Å². The summed E-state index contributed by atoms with van der Waals surface area (Å²) in [7, 11) is 0. The van der Waals surface area contributed by atoms with Crippen LogP contribution >= 0.6 is 0 Å². The molecule has 0 saturated carbocycles. The van der Waals surface area contributed by atoms with Gasteiger partial charge in [0.05, 0.1) is 6.61 Å². The van der Waals surface area contributed by atoms with Gasteiger partial charge in [0.25, 0.3) is 0 Å². The van der Waals surface area contributed by atoms with Crippen molar-refractivity contribution in [2.45, 2.75) is 26.2 Å². The third-order valence-corrected chi connectivity index (χ3v) is 2.99. The molecule has 0 aliphatic rings. The second-order valence-electron chi connectivity index (χ2n) is 4.60. The van der Waals surface area contributed by atoms with Crippen molar-refractivity contribution in [1.29, 1.82) is 0 Å². The first-order valence-corrected chi connectivity index (χ1v) is 6.58. The van der Waals surface area contributed by atoms with Crippen LogP contribution in [0.1, 0.15) is 24.0 Å². The Morgan fingerprint density at radius 3 is 2.28 bits per heavy atom. The molecule has 0 radical (unpaired) electrons. The van der Waals surface area contributed by atoms with Crippen LogP contribution in [0.2, 0.25) is 0 Å². The van der Waals surface area contributed by atoms with Gasteiger partial charge in [-0.1, -0.05) is 48.0 Å². The third-order valence-electron chi connectivity index (χ3n) is 2.99. The highest BCUT2D eigenvalue weighted by Crippen LogP contribution is 2.12. The first kappa shape index (κ1) is 12.7. The van der Waals surface area contributed by atoms with Gasteiger partial charge in [-0.3, -0.25) is 0 Å². The van der Waals surface area contributed by atoms with E-state index in [0.717, 1.165) is 25.2 Å². The van der Waals surface area contributed by atoms with E-state index >= 15 is 0 Å². The van der Waals surface area contributed by atoms with Crippen molar-refractivity contribution in [1.82, 2.24) is 0 Å². The van der Waals surface area contributed by atoms with Gasteiger partial charge < -0.3 is 4.74 Å². The van der Waals surface area contributed by atoms with Gasteiger partial charge in [-0.05, 0) is 43.9 Å². The summed E-state index contributed by atoms with van der Waals surface area (Å²) in [4.78, 5) is 0. The molecule has 18 heavy (non-hydrogen) atoms. The van der Waals surface area contributed by atoms with Crippen LogP contribution in [0.4, 0.5) is 0 Å². The van der Waals surface area contributed by atoms with E-state index in [0.29, 0.717) is 0 Å². The highest BCUT2D eigenvalue weighted by molar-refractivity contribution is 5.26. The van der Waals surface area contributed by atoms with E-state index in [1.807, 2.05) is 12.1 Å². The van der Waals surface area contributed by atoms with Crippen LogP contribution < -0.4 is 4.74 Å². The van der Waals surface area contributed by atoms with E-state index in [1.165, 1.54) is 17.5 Å². The summed E-state index contributed by atoms with van der Waals surface area (Å²) in [6, 6.07) is 18.8. The maximum atomic E-state index is 5.70. The number of rotatable bonds is 6. The summed E-state index contributed by atoms with van der Waals surface area (Å²) in [6.07, 6.45) is 3.41. The van der Waals surface area contributed by atoms with Gasteiger partial charge in [0, 0.05) is 0 Å². The van der Waals surface area contributed by atoms with Crippen LogP contribution in [0.3, 0.4) is 0 Å². The highest BCUT2D eigenvalue weighted by atomic mass is 16.5. The maximum Gasteiger partial charge on any atom is 0.119 e. The minimum absolute atomic E-state index is 0.801. The molecule has 0 unspecified atom stereocenters. The molecule has 0 aliphatic heterocycles. The lowest BCUT2D eigenvalue weighted by Crippen LogP contribution is -1.98. The SMILES string of the molecule is Cc1ccc(OCCCCc2ccccc2)cc1. The van der Waals surface area contributed by atoms with Crippen LogP contribution in [0.15, 0.2) is 54.6 Å². The number of aryl methyl sites for hydroxylation is 2. The molecule has 0 aromatic heterocycles. The van der Waals surface area contributed by atoms with Crippen molar-refractivity contribution < 1.29 is 4.74 Å². The van der Waals surface area contributed by atoms with E-state index < -0.39 is 0 Å². The first-order valence-electron chi connectivity index (χ1n) is 6.58. The minimum atomic E-state index is 0.801. The second-order valence-corrected chi connectivity index (χ2v) is 4.60. The highest BCUT2D eigenvalue weighted by Gasteiger charge is 1.95. The summed E-state index contributed by atoms with van der Waals surface area (Å²) < 4.78 is 5.70. The molecule has 0 aliphatic carbocycles. The molecule has 2 rings (SSSR count). The minimum Gasteiger partial charge on any atom is -0.494 e. The molecule has 2 aromatic carbocycles. The molecule has 0 spiro atoms. The lowest BCUT2D eigenvalue weighted by Gasteiger charge is -2.06. The monoisotopic (exact) mass is 240 g/mol. The van der Waals surface area contributed by atoms with Crippen molar-refractivity contribution >= 4 is 0 Å². The van der Waals surface area contributed by atoms with Crippen LogP contribution in [-0.4, -0.2) is 6.61 Å². The third kappa shape index (κ3) is 4.25. The molecule has 0 N–H and O–H groups in total. The Labute approximate surface area is 109 Å². The van der Waals surface area contributed by atoms with E-state index in [2.05, 4.69) is 49.4 Å². The Kier molecular flexibility index (Phi) is 4.83. The number of ether oxygens (including phenoxy) is 1. The van der Waals surface area contributed by atoms with Crippen molar-refractivity contribution in [3.8, 4) is 5.75 Å². The number of hydrogen-bond donors (Lipinski definition) is 0. The van der Waals surface area contributed by atoms with Gasteiger partial charge >= 0.3 is 0 Å². The lowest BCUT2D eigenvalue weighted by atomic mass is 10.1. The molecule has 1 nitrogen and oxygen atoms in total. The molecular weight excluding hydrogens is 220 g/mol. The molecule has 0 fully saturated rings. The largest absolute Gasteiger partial charge is 0.494 e. The smallest absolute Gasteiger partial charge is 0.119 e. The normalized spacial score (nSPS) is 10.3. The average molecular weight is 240 g/mol. The number of benzene rings is 2. The van der Waals surface area contributed by atoms with E-state index in [-0.39, 0.29) is 0 Å². The summed E-state index contributed by atoms with van der Waals surface area (Å²) in [5.74, 6) is 0.973. The number of unbranched alkanes of at least 4 members (excludes halogenated alkanes) is 1. The van der Waals surface area contributed by atoms with Gasteiger partial charge in [0.1, 0.15) is 5.75 Å². The van der Waals surface area contributed by atoms with Gasteiger partial charge in [-0.2, -0.15) is 0 Å². The Morgan fingerprint density at radius 2 is 1.56 bits per heavy atom. The van der Waals surface area contributed by atoms with E-state index in [4.69, 9.17) is 4.74 Å². The summed E-state index contributed by atoms with van der Waals surface area (Å²) >= 11 is 0. The maximum absolute atomic E-state index is 5.70. The molecule has 94 valence electrons. The fraction of sp³-hybridized carbons (Fsp3) is 0.294. The summed E-state index contributed by atoms with van der Waals surface area (Å²) in [5, 5.41) is 0. The van der Waals surface area contributed by atoms with Crippen molar-refractivity contribution in [3.63, 3.8) is 0 Å². The molecule has 0 heterocycles. The second kappa shape index (κ2) is 6.85. The topological polar surface area (TPSA) is 9.23 Å². The predicted molar refractivity (Wildman–Crippen MR) is 76.1 cm³/mol. The van der Waals surface area contributed by atoms with Gasteiger partial charge in [0.15, 0.2) is 0 Å². The zero-order valence-electron chi connectivity index (χ0n) is 10.9. The van der Waals surface area contributed by atoms with Crippen LogP contribution in [0.5, 0.6) is 5.75 Å². The molecule has 0 saturated heterocycles.